The Bertz CT molecular complexity index is 1020. The lowest BCUT2D eigenvalue weighted by atomic mass is 10.1. The highest BCUT2D eigenvalue weighted by Gasteiger charge is 2.06. The van der Waals surface area contributed by atoms with Crippen molar-refractivity contribution in [3.63, 3.8) is 0 Å². The summed E-state index contributed by atoms with van der Waals surface area (Å²) in [4.78, 5) is 11.2. The molecule has 0 fully saturated rings. The molecule has 4 aromatic rings. The molecule has 0 amide bonds. The Morgan fingerprint density at radius 1 is 1.00 bits per heavy atom. The number of pyridine rings is 2. The molecule has 0 aliphatic rings. The van der Waals surface area contributed by atoms with Crippen LogP contribution < -0.4 is 4.74 Å². The van der Waals surface area contributed by atoms with Gasteiger partial charge in [-0.05, 0) is 50.8 Å². The van der Waals surface area contributed by atoms with Crippen molar-refractivity contribution in [1.29, 1.82) is 0 Å². The lowest BCUT2D eigenvalue weighted by Gasteiger charge is -2.10. The lowest BCUT2D eigenvalue weighted by molar-refractivity contribution is 0.273. The topological polar surface area (TPSA) is 42.7 Å². The first-order valence-corrected chi connectivity index (χ1v) is 8.81. The normalized spacial score (nSPS) is 11.5. The first kappa shape index (κ1) is 16.5. The van der Waals surface area contributed by atoms with Gasteiger partial charge in [0.05, 0.1) is 17.6 Å². The minimum Gasteiger partial charge on any atom is -0.478 e. The minimum atomic E-state index is 0.668. The van der Waals surface area contributed by atoms with Crippen molar-refractivity contribution >= 4 is 16.7 Å². The number of ether oxygens (including phenoxy) is 1. The van der Waals surface area contributed by atoms with Crippen LogP contribution in [0.2, 0.25) is 0 Å². The van der Waals surface area contributed by atoms with Crippen molar-refractivity contribution in [3.8, 4) is 17.0 Å². The standard InChI is InChI=1S/C21H22N4O/c1-24(2)12-5-13-26-21-11-9-16(14-22-21)17-8-10-20-23-18-6-3-4-7-19(18)25(20)15-17/h3-4,6-11,14-15H,5,12-13H2,1-2H3. The summed E-state index contributed by atoms with van der Waals surface area (Å²) in [5.74, 6) is 0.668. The van der Waals surface area contributed by atoms with Gasteiger partial charge in [-0.1, -0.05) is 12.1 Å². The zero-order valence-electron chi connectivity index (χ0n) is 15.1. The summed E-state index contributed by atoms with van der Waals surface area (Å²) in [6.07, 6.45) is 4.96. The maximum atomic E-state index is 5.71. The Morgan fingerprint density at radius 2 is 1.85 bits per heavy atom. The number of hydrogen-bond donors (Lipinski definition) is 0. The summed E-state index contributed by atoms with van der Waals surface area (Å²) in [7, 11) is 4.13. The van der Waals surface area contributed by atoms with E-state index < -0.39 is 0 Å². The van der Waals surface area contributed by atoms with Crippen LogP contribution in [0.1, 0.15) is 6.42 Å². The van der Waals surface area contributed by atoms with E-state index in [0.717, 1.165) is 40.8 Å². The molecule has 1 aromatic carbocycles. The fraction of sp³-hybridized carbons (Fsp3) is 0.238. The summed E-state index contributed by atoms with van der Waals surface area (Å²) in [6.45, 7) is 1.69. The third-order valence-corrected chi connectivity index (χ3v) is 4.37. The van der Waals surface area contributed by atoms with Crippen molar-refractivity contribution in [2.24, 2.45) is 0 Å². The van der Waals surface area contributed by atoms with Gasteiger partial charge in [-0.3, -0.25) is 4.40 Å². The largest absolute Gasteiger partial charge is 0.478 e. The average Bonchev–Trinajstić information content (AvgIpc) is 3.03. The van der Waals surface area contributed by atoms with Crippen molar-refractivity contribution in [2.75, 3.05) is 27.2 Å². The fourth-order valence-electron chi connectivity index (χ4n) is 3.03. The van der Waals surface area contributed by atoms with E-state index in [-0.39, 0.29) is 0 Å². The number of fused-ring (bicyclic) bond motifs is 3. The molecule has 0 saturated heterocycles. The van der Waals surface area contributed by atoms with Crippen LogP contribution in [-0.2, 0) is 0 Å². The smallest absolute Gasteiger partial charge is 0.213 e. The monoisotopic (exact) mass is 346 g/mol. The van der Waals surface area contributed by atoms with Crippen LogP contribution in [0.3, 0.4) is 0 Å². The summed E-state index contributed by atoms with van der Waals surface area (Å²) in [5, 5.41) is 0. The molecule has 0 N–H and O–H groups in total. The molecular weight excluding hydrogens is 324 g/mol. The molecule has 26 heavy (non-hydrogen) atoms. The van der Waals surface area contributed by atoms with Crippen LogP contribution in [-0.4, -0.2) is 46.5 Å². The number of hydrogen-bond acceptors (Lipinski definition) is 4. The number of benzene rings is 1. The molecule has 3 heterocycles. The second-order valence-electron chi connectivity index (χ2n) is 6.64. The number of rotatable bonds is 6. The quantitative estimate of drug-likeness (QED) is 0.497. The fourth-order valence-corrected chi connectivity index (χ4v) is 3.03. The van der Waals surface area contributed by atoms with Crippen molar-refractivity contribution < 1.29 is 4.74 Å². The van der Waals surface area contributed by atoms with Gasteiger partial charge in [0.25, 0.3) is 0 Å². The second-order valence-corrected chi connectivity index (χ2v) is 6.64. The van der Waals surface area contributed by atoms with E-state index in [1.54, 1.807) is 0 Å². The van der Waals surface area contributed by atoms with E-state index in [4.69, 9.17) is 4.74 Å². The summed E-state index contributed by atoms with van der Waals surface area (Å²) < 4.78 is 7.83. The number of imidazole rings is 1. The summed E-state index contributed by atoms with van der Waals surface area (Å²) in [5.41, 5.74) is 5.23. The molecule has 0 radical (unpaired) electrons. The Labute approximate surface area is 152 Å². The first-order chi connectivity index (χ1) is 12.7. The third kappa shape index (κ3) is 3.39. The van der Waals surface area contributed by atoms with Gasteiger partial charge in [0.2, 0.25) is 5.88 Å². The van der Waals surface area contributed by atoms with Gasteiger partial charge >= 0.3 is 0 Å². The highest BCUT2D eigenvalue weighted by atomic mass is 16.5. The van der Waals surface area contributed by atoms with E-state index in [1.807, 2.05) is 36.5 Å². The van der Waals surface area contributed by atoms with Crippen LogP contribution in [0.25, 0.3) is 27.8 Å². The van der Waals surface area contributed by atoms with Crippen molar-refractivity contribution in [2.45, 2.75) is 6.42 Å². The molecule has 5 heteroatoms. The molecule has 0 spiro atoms. The number of aromatic nitrogens is 3. The molecule has 5 nitrogen and oxygen atoms in total. The zero-order valence-corrected chi connectivity index (χ0v) is 15.1. The molecule has 0 unspecified atom stereocenters. The number of para-hydroxylation sites is 2. The molecule has 132 valence electrons. The molecule has 0 aliphatic carbocycles. The van der Waals surface area contributed by atoms with Gasteiger partial charge < -0.3 is 9.64 Å². The van der Waals surface area contributed by atoms with Gasteiger partial charge in [-0.25, -0.2) is 9.97 Å². The predicted octanol–water partition coefficient (Wildman–Crippen LogP) is 3.88. The summed E-state index contributed by atoms with van der Waals surface area (Å²) in [6, 6.07) is 16.3. The van der Waals surface area contributed by atoms with E-state index in [2.05, 4.69) is 57.8 Å². The SMILES string of the molecule is CN(C)CCCOc1ccc(-c2ccc3nc4ccccc4n3c2)cn1. The number of nitrogens with zero attached hydrogens (tertiary/aromatic N) is 4. The molecule has 0 atom stereocenters. The van der Waals surface area contributed by atoms with E-state index >= 15 is 0 Å². The maximum absolute atomic E-state index is 5.71. The van der Waals surface area contributed by atoms with Gasteiger partial charge in [0.15, 0.2) is 0 Å². The van der Waals surface area contributed by atoms with Gasteiger partial charge in [-0.2, -0.15) is 0 Å². The molecule has 0 bridgehead atoms. The highest BCUT2D eigenvalue weighted by molar-refractivity contribution is 5.81. The Morgan fingerprint density at radius 3 is 2.65 bits per heavy atom. The van der Waals surface area contributed by atoms with E-state index in [9.17, 15) is 0 Å². The molecule has 3 aromatic heterocycles. The van der Waals surface area contributed by atoms with Gasteiger partial charge in [0.1, 0.15) is 5.65 Å². The van der Waals surface area contributed by atoms with Crippen molar-refractivity contribution in [1.82, 2.24) is 19.3 Å². The highest BCUT2D eigenvalue weighted by Crippen LogP contribution is 2.24. The van der Waals surface area contributed by atoms with Crippen LogP contribution in [0.15, 0.2) is 60.9 Å². The molecule has 4 rings (SSSR count). The van der Waals surface area contributed by atoms with Crippen LogP contribution in [0.5, 0.6) is 5.88 Å². The molecule has 0 aliphatic heterocycles. The second kappa shape index (κ2) is 7.14. The van der Waals surface area contributed by atoms with E-state index in [0.29, 0.717) is 12.5 Å². The van der Waals surface area contributed by atoms with E-state index in [1.165, 1.54) is 0 Å². The third-order valence-electron chi connectivity index (χ3n) is 4.37. The predicted molar refractivity (Wildman–Crippen MR) is 105 cm³/mol. The van der Waals surface area contributed by atoms with Crippen LogP contribution >= 0.6 is 0 Å². The van der Waals surface area contributed by atoms with Gasteiger partial charge in [0, 0.05) is 36.1 Å². The zero-order chi connectivity index (χ0) is 17.9. The minimum absolute atomic E-state index is 0.668. The molecule has 0 saturated carbocycles. The maximum Gasteiger partial charge on any atom is 0.213 e. The van der Waals surface area contributed by atoms with Crippen LogP contribution in [0.4, 0.5) is 0 Å². The Balaban J connectivity index is 1.54. The summed E-state index contributed by atoms with van der Waals surface area (Å²) >= 11 is 0. The van der Waals surface area contributed by atoms with Crippen LogP contribution in [0, 0.1) is 0 Å². The Hall–Kier alpha value is -2.92. The Kier molecular flexibility index (Phi) is 4.54. The first-order valence-electron chi connectivity index (χ1n) is 8.81. The molecular formula is C21H22N4O. The van der Waals surface area contributed by atoms with Crippen molar-refractivity contribution in [3.05, 3.63) is 60.9 Å². The lowest BCUT2D eigenvalue weighted by Crippen LogP contribution is -2.15. The van der Waals surface area contributed by atoms with Gasteiger partial charge in [-0.15, -0.1) is 0 Å². The average molecular weight is 346 g/mol.